The lowest BCUT2D eigenvalue weighted by Crippen LogP contribution is -2.13. The van der Waals surface area contributed by atoms with Gasteiger partial charge in [0.1, 0.15) is 0 Å². The summed E-state index contributed by atoms with van der Waals surface area (Å²) in [5.74, 6) is 0.917. The molecule has 1 aromatic heterocycles. The lowest BCUT2D eigenvalue weighted by molar-refractivity contribution is 0.0525. The van der Waals surface area contributed by atoms with Gasteiger partial charge >= 0.3 is 5.97 Å². The Morgan fingerprint density at radius 3 is 3.00 bits per heavy atom. The maximum atomic E-state index is 11.6. The first-order valence-electron chi connectivity index (χ1n) is 5.78. The summed E-state index contributed by atoms with van der Waals surface area (Å²) in [6.45, 7) is 6.68. The second kappa shape index (κ2) is 4.53. The Hall–Kier alpha value is -0.900. The van der Waals surface area contributed by atoms with Crippen LogP contribution < -0.4 is 0 Å². The smallest absolute Gasteiger partial charge is 0.367 e. The van der Waals surface area contributed by atoms with Crippen LogP contribution in [0.5, 0.6) is 0 Å². The molecule has 1 heterocycles. The van der Waals surface area contributed by atoms with Gasteiger partial charge < -0.3 is 4.74 Å². The average Bonchev–Trinajstić information content (AvgIpc) is 2.62. The summed E-state index contributed by atoms with van der Waals surface area (Å²) in [5, 5.41) is 0.521. The number of hydrogen-bond donors (Lipinski definition) is 0. The topological polar surface area (TPSA) is 39.2 Å². The third kappa shape index (κ3) is 2.12. The Morgan fingerprint density at radius 1 is 1.56 bits per heavy atom. The number of aromatic nitrogens is 1. The van der Waals surface area contributed by atoms with E-state index < -0.39 is 0 Å². The number of thiazole rings is 1. The van der Waals surface area contributed by atoms with Gasteiger partial charge in [-0.1, -0.05) is 13.8 Å². The molecule has 16 heavy (non-hydrogen) atoms. The quantitative estimate of drug-likeness (QED) is 0.745. The third-order valence-electron chi connectivity index (χ3n) is 2.92. The summed E-state index contributed by atoms with van der Waals surface area (Å²) in [5.41, 5.74) is 1.11. The molecule has 3 nitrogen and oxygen atoms in total. The van der Waals surface area contributed by atoms with E-state index >= 15 is 0 Å². The van der Waals surface area contributed by atoms with Gasteiger partial charge in [-0.15, -0.1) is 11.3 Å². The van der Waals surface area contributed by atoms with Crippen LogP contribution in [0.1, 0.15) is 53.5 Å². The van der Waals surface area contributed by atoms with Crippen LogP contribution in [0.4, 0.5) is 0 Å². The maximum absolute atomic E-state index is 11.6. The highest BCUT2D eigenvalue weighted by Gasteiger charge is 2.27. The molecule has 1 aliphatic rings. The molecule has 0 bridgehead atoms. The van der Waals surface area contributed by atoms with E-state index in [1.54, 1.807) is 0 Å². The number of esters is 1. The van der Waals surface area contributed by atoms with E-state index in [0.29, 0.717) is 23.5 Å². The Morgan fingerprint density at radius 2 is 2.31 bits per heavy atom. The van der Waals surface area contributed by atoms with Crippen molar-refractivity contribution in [1.82, 2.24) is 4.98 Å². The summed E-state index contributed by atoms with van der Waals surface area (Å²) in [4.78, 5) is 17.3. The minimum Gasteiger partial charge on any atom is -0.461 e. The Balaban J connectivity index is 2.26. The average molecular weight is 239 g/mol. The van der Waals surface area contributed by atoms with Crippen molar-refractivity contribution in [2.75, 3.05) is 6.61 Å². The van der Waals surface area contributed by atoms with Gasteiger partial charge in [0.05, 0.1) is 12.3 Å². The Bertz CT molecular complexity index is 400. The van der Waals surface area contributed by atoms with Crippen molar-refractivity contribution < 1.29 is 9.53 Å². The standard InChI is InChI=1S/C12H17NO2S/c1-4-15-12(14)11-13-9-6-7(2)5-8(3)10(9)16-11/h7-8H,4-6H2,1-3H3. The highest BCUT2D eigenvalue weighted by atomic mass is 32.1. The predicted molar refractivity (Wildman–Crippen MR) is 64.0 cm³/mol. The van der Waals surface area contributed by atoms with Gasteiger partial charge in [0.15, 0.2) is 0 Å². The van der Waals surface area contributed by atoms with Crippen molar-refractivity contribution in [3.63, 3.8) is 0 Å². The molecule has 0 saturated carbocycles. The molecule has 0 N–H and O–H groups in total. The first kappa shape index (κ1) is 11.6. The second-order valence-electron chi connectivity index (χ2n) is 4.50. The van der Waals surface area contributed by atoms with Crippen LogP contribution in [0.3, 0.4) is 0 Å². The van der Waals surface area contributed by atoms with Crippen molar-refractivity contribution in [2.24, 2.45) is 5.92 Å². The molecule has 2 rings (SSSR count). The van der Waals surface area contributed by atoms with Crippen molar-refractivity contribution >= 4 is 17.3 Å². The summed E-state index contributed by atoms with van der Waals surface area (Å²) >= 11 is 1.51. The third-order valence-corrected chi connectivity index (χ3v) is 4.23. The zero-order valence-corrected chi connectivity index (χ0v) is 10.8. The lowest BCUT2D eigenvalue weighted by atomic mass is 9.86. The fourth-order valence-electron chi connectivity index (χ4n) is 2.30. The number of ether oxygens (including phenoxy) is 1. The van der Waals surface area contributed by atoms with Crippen LogP contribution in [0.2, 0.25) is 0 Å². The molecule has 0 aromatic carbocycles. The van der Waals surface area contributed by atoms with Crippen molar-refractivity contribution in [3.8, 4) is 0 Å². The van der Waals surface area contributed by atoms with Crippen molar-refractivity contribution in [2.45, 2.75) is 39.5 Å². The molecule has 0 aliphatic heterocycles. The number of carbonyl (C=O) groups excluding carboxylic acids is 1. The fraction of sp³-hybridized carbons (Fsp3) is 0.667. The summed E-state index contributed by atoms with van der Waals surface area (Å²) in [7, 11) is 0. The van der Waals surface area contributed by atoms with Gasteiger partial charge in [0, 0.05) is 4.88 Å². The number of rotatable bonds is 2. The van der Waals surface area contributed by atoms with E-state index in [4.69, 9.17) is 4.74 Å². The van der Waals surface area contributed by atoms with E-state index in [1.807, 2.05) is 6.92 Å². The van der Waals surface area contributed by atoms with E-state index in [0.717, 1.165) is 12.1 Å². The molecule has 0 saturated heterocycles. The molecule has 88 valence electrons. The van der Waals surface area contributed by atoms with Gasteiger partial charge in [0.2, 0.25) is 5.01 Å². The number of fused-ring (bicyclic) bond motifs is 1. The zero-order chi connectivity index (χ0) is 11.7. The highest BCUT2D eigenvalue weighted by Crippen LogP contribution is 2.37. The molecule has 0 amide bonds. The zero-order valence-electron chi connectivity index (χ0n) is 9.95. The highest BCUT2D eigenvalue weighted by molar-refractivity contribution is 7.13. The molecular weight excluding hydrogens is 222 g/mol. The predicted octanol–water partition coefficient (Wildman–Crippen LogP) is 3.01. The molecule has 0 radical (unpaired) electrons. The minimum absolute atomic E-state index is 0.276. The van der Waals surface area contributed by atoms with Gasteiger partial charge in [-0.05, 0) is 31.6 Å². The first-order valence-corrected chi connectivity index (χ1v) is 6.60. The van der Waals surface area contributed by atoms with E-state index in [9.17, 15) is 4.79 Å². The normalized spacial score (nSPS) is 23.9. The van der Waals surface area contributed by atoms with Gasteiger partial charge in [-0.3, -0.25) is 0 Å². The van der Waals surface area contributed by atoms with Crippen LogP contribution in [0.15, 0.2) is 0 Å². The molecule has 2 unspecified atom stereocenters. The maximum Gasteiger partial charge on any atom is 0.367 e. The monoisotopic (exact) mass is 239 g/mol. The van der Waals surface area contributed by atoms with Gasteiger partial charge in [-0.25, -0.2) is 9.78 Å². The largest absolute Gasteiger partial charge is 0.461 e. The van der Waals surface area contributed by atoms with E-state index in [1.165, 1.54) is 22.6 Å². The van der Waals surface area contributed by atoms with Crippen molar-refractivity contribution in [1.29, 1.82) is 0 Å². The Kier molecular flexibility index (Phi) is 3.28. The first-order chi connectivity index (χ1) is 7.61. The van der Waals surface area contributed by atoms with E-state index in [2.05, 4.69) is 18.8 Å². The van der Waals surface area contributed by atoms with Crippen LogP contribution in [-0.2, 0) is 11.2 Å². The number of hydrogen-bond acceptors (Lipinski definition) is 4. The van der Waals surface area contributed by atoms with E-state index in [-0.39, 0.29) is 5.97 Å². The van der Waals surface area contributed by atoms with Crippen LogP contribution in [0.25, 0.3) is 0 Å². The van der Waals surface area contributed by atoms with Gasteiger partial charge in [-0.2, -0.15) is 0 Å². The van der Waals surface area contributed by atoms with Crippen LogP contribution >= 0.6 is 11.3 Å². The van der Waals surface area contributed by atoms with Crippen LogP contribution in [-0.4, -0.2) is 17.6 Å². The molecule has 1 aliphatic carbocycles. The van der Waals surface area contributed by atoms with Crippen molar-refractivity contribution in [3.05, 3.63) is 15.6 Å². The van der Waals surface area contributed by atoms with Gasteiger partial charge in [0.25, 0.3) is 0 Å². The lowest BCUT2D eigenvalue weighted by Gasteiger charge is -2.22. The summed E-state index contributed by atoms with van der Waals surface area (Å²) in [6, 6.07) is 0. The number of nitrogens with zero attached hydrogens (tertiary/aromatic N) is 1. The Labute approximate surface area is 99.8 Å². The fourth-order valence-corrected chi connectivity index (χ4v) is 3.35. The van der Waals surface area contributed by atoms with Crippen LogP contribution in [0, 0.1) is 5.92 Å². The molecule has 4 heteroatoms. The molecular formula is C12H17NO2S. The SMILES string of the molecule is CCOC(=O)c1nc2c(s1)C(C)CC(C)C2. The molecule has 1 aromatic rings. The summed E-state index contributed by atoms with van der Waals surface area (Å²) in [6.07, 6.45) is 2.19. The summed E-state index contributed by atoms with van der Waals surface area (Å²) < 4.78 is 4.98. The molecule has 0 fully saturated rings. The second-order valence-corrected chi connectivity index (χ2v) is 5.53. The molecule has 0 spiro atoms. The molecule has 2 atom stereocenters. The minimum atomic E-state index is -0.276. The number of carbonyl (C=O) groups is 1.